The molecule has 76 valence electrons. The predicted molar refractivity (Wildman–Crippen MR) is 46.9 cm³/mol. The molecule has 1 aromatic rings. The predicted octanol–water partition coefficient (Wildman–Crippen LogP) is -0.484. The zero-order valence-corrected chi connectivity index (χ0v) is 8.11. The van der Waals surface area contributed by atoms with Crippen molar-refractivity contribution in [2.45, 2.75) is 5.03 Å². The first-order chi connectivity index (χ1) is 6.45. The van der Waals surface area contributed by atoms with Crippen molar-refractivity contribution in [2.75, 3.05) is 7.11 Å². The molecule has 1 aromatic heterocycles. The third-order valence-electron chi connectivity index (χ3n) is 1.45. The van der Waals surface area contributed by atoms with Gasteiger partial charge in [0.2, 0.25) is 0 Å². The van der Waals surface area contributed by atoms with Gasteiger partial charge < -0.3 is 4.74 Å². The fourth-order valence-corrected chi connectivity index (χ4v) is 1.31. The van der Waals surface area contributed by atoms with Gasteiger partial charge in [0.1, 0.15) is 0 Å². The fraction of sp³-hybridized carbons (Fsp3) is 0.143. The van der Waals surface area contributed by atoms with Crippen LogP contribution in [0.2, 0.25) is 0 Å². The van der Waals surface area contributed by atoms with E-state index in [9.17, 15) is 13.2 Å². The molecule has 1 rings (SSSR count). The molecule has 2 N–H and O–H groups in total. The SMILES string of the molecule is COC(=O)c1ccnc(S(N)(=O)=O)c1. The van der Waals surface area contributed by atoms with Gasteiger partial charge in [-0.05, 0) is 12.1 Å². The Morgan fingerprint density at radius 2 is 2.21 bits per heavy atom. The largest absolute Gasteiger partial charge is 0.465 e. The van der Waals surface area contributed by atoms with Gasteiger partial charge >= 0.3 is 5.97 Å². The van der Waals surface area contributed by atoms with Crippen LogP contribution in [0.5, 0.6) is 0 Å². The van der Waals surface area contributed by atoms with E-state index in [-0.39, 0.29) is 10.6 Å². The Bertz CT molecular complexity index is 455. The standard InChI is InChI=1S/C7H8N2O4S/c1-13-7(10)5-2-3-9-6(4-5)14(8,11)12/h2-4H,1H3,(H2,8,11,12). The van der Waals surface area contributed by atoms with E-state index in [0.29, 0.717) is 0 Å². The van der Waals surface area contributed by atoms with Crippen LogP contribution in [0, 0.1) is 0 Å². The van der Waals surface area contributed by atoms with E-state index >= 15 is 0 Å². The highest BCUT2D eigenvalue weighted by Crippen LogP contribution is 2.06. The lowest BCUT2D eigenvalue weighted by atomic mass is 10.3. The number of nitrogens with two attached hydrogens (primary N) is 1. The number of hydrogen-bond donors (Lipinski definition) is 1. The number of carbonyl (C=O) groups excluding carboxylic acids is 1. The first-order valence-electron chi connectivity index (χ1n) is 3.52. The highest BCUT2D eigenvalue weighted by molar-refractivity contribution is 7.89. The maximum atomic E-state index is 11.0. The lowest BCUT2D eigenvalue weighted by Gasteiger charge is -2.00. The van der Waals surface area contributed by atoms with Gasteiger partial charge in [-0.15, -0.1) is 0 Å². The first-order valence-corrected chi connectivity index (χ1v) is 5.07. The number of nitrogens with zero attached hydrogens (tertiary/aromatic N) is 1. The normalized spacial score (nSPS) is 11.0. The zero-order valence-electron chi connectivity index (χ0n) is 7.30. The minimum Gasteiger partial charge on any atom is -0.465 e. The Hall–Kier alpha value is -1.47. The molecule has 0 aliphatic carbocycles. The topological polar surface area (TPSA) is 99.3 Å². The van der Waals surface area contributed by atoms with E-state index in [4.69, 9.17) is 5.14 Å². The molecule has 0 amide bonds. The van der Waals surface area contributed by atoms with Gasteiger partial charge in [0, 0.05) is 6.20 Å². The average molecular weight is 216 g/mol. The molecule has 0 aromatic carbocycles. The van der Waals surface area contributed by atoms with Crippen molar-refractivity contribution < 1.29 is 17.9 Å². The molecule has 14 heavy (non-hydrogen) atoms. The maximum Gasteiger partial charge on any atom is 0.338 e. The molecule has 0 spiro atoms. The van der Waals surface area contributed by atoms with Crippen LogP contribution in [-0.4, -0.2) is 26.5 Å². The molecule has 1 heterocycles. The Morgan fingerprint density at radius 1 is 1.57 bits per heavy atom. The molecule has 0 aliphatic heterocycles. The molecular weight excluding hydrogens is 208 g/mol. The molecule has 0 fully saturated rings. The van der Waals surface area contributed by atoms with Gasteiger partial charge in [0.25, 0.3) is 10.0 Å². The van der Waals surface area contributed by atoms with Gasteiger partial charge in [0.15, 0.2) is 5.03 Å². The van der Waals surface area contributed by atoms with Crippen LogP contribution in [0.15, 0.2) is 23.4 Å². The van der Waals surface area contributed by atoms with Crippen molar-refractivity contribution >= 4 is 16.0 Å². The molecule has 6 nitrogen and oxygen atoms in total. The number of rotatable bonds is 2. The van der Waals surface area contributed by atoms with Crippen molar-refractivity contribution in [1.82, 2.24) is 4.98 Å². The lowest BCUT2D eigenvalue weighted by molar-refractivity contribution is 0.0600. The third kappa shape index (κ3) is 2.27. The number of pyridine rings is 1. The van der Waals surface area contributed by atoms with Gasteiger partial charge in [-0.3, -0.25) is 0 Å². The van der Waals surface area contributed by atoms with Crippen LogP contribution in [0.25, 0.3) is 0 Å². The summed E-state index contributed by atoms with van der Waals surface area (Å²) in [5, 5.41) is 4.46. The number of hydrogen-bond acceptors (Lipinski definition) is 5. The number of sulfonamides is 1. The fourth-order valence-electron chi connectivity index (χ4n) is 0.810. The number of ether oxygens (including phenoxy) is 1. The van der Waals surface area contributed by atoms with Crippen LogP contribution in [-0.2, 0) is 14.8 Å². The number of esters is 1. The quantitative estimate of drug-likeness (QED) is 0.673. The van der Waals surface area contributed by atoms with Crippen LogP contribution in [0.1, 0.15) is 10.4 Å². The molecule has 0 atom stereocenters. The number of methoxy groups -OCH3 is 1. The van der Waals surface area contributed by atoms with Crippen molar-refractivity contribution in [2.24, 2.45) is 5.14 Å². The summed E-state index contributed by atoms with van der Waals surface area (Å²) in [7, 11) is -2.69. The Kier molecular flexibility index (Phi) is 2.82. The summed E-state index contributed by atoms with van der Waals surface area (Å²) in [4.78, 5) is 14.5. The van der Waals surface area contributed by atoms with E-state index in [1.807, 2.05) is 0 Å². The zero-order chi connectivity index (χ0) is 10.8. The Labute approximate surface area is 80.8 Å². The van der Waals surface area contributed by atoms with Crippen molar-refractivity contribution in [3.63, 3.8) is 0 Å². The molecular formula is C7H8N2O4S. The Morgan fingerprint density at radius 3 is 2.71 bits per heavy atom. The van der Waals surface area contributed by atoms with Gasteiger partial charge in [-0.25, -0.2) is 23.3 Å². The summed E-state index contributed by atoms with van der Waals surface area (Å²) in [6.45, 7) is 0. The van der Waals surface area contributed by atoms with Crippen molar-refractivity contribution in [3.05, 3.63) is 23.9 Å². The average Bonchev–Trinajstić information content (AvgIpc) is 2.15. The number of carbonyl (C=O) groups is 1. The lowest BCUT2D eigenvalue weighted by Crippen LogP contribution is -2.15. The summed E-state index contributed by atoms with van der Waals surface area (Å²) in [5.41, 5.74) is 0.0894. The van der Waals surface area contributed by atoms with E-state index < -0.39 is 16.0 Å². The van der Waals surface area contributed by atoms with Crippen LogP contribution in [0.4, 0.5) is 0 Å². The molecule has 0 saturated carbocycles. The minimum absolute atomic E-state index is 0.0894. The summed E-state index contributed by atoms with van der Waals surface area (Å²) in [6, 6.07) is 2.39. The third-order valence-corrected chi connectivity index (χ3v) is 2.25. The minimum atomic E-state index is -3.89. The summed E-state index contributed by atoms with van der Waals surface area (Å²) in [6.07, 6.45) is 1.17. The molecule has 0 bridgehead atoms. The van der Waals surface area contributed by atoms with E-state index in [1.165, 1.54) is 19.4 Å². The number of primary sulfonamides is 1. The van der Waals surface area contributed by atoms with E-state index in [1.54, 1.807) is 0 Å². The van der Waals surface area contributed by atoms with Crippen LogP contribution < -0.4 is 5.14 Å². The van der Waals surface area contributed by atoms with Gasteiger partial charge in [-0.2, -0.15) is 0 Å². The van der Waals surface area contributed by atoms with Crippen molar-refractivity contribution in [1.29, 1.82) is 0 Å². The number of aromatic nitrogens is 1. The molecule has 0 radical (unpaired) electrons. The van der Waals surface area contributed by atoms with E-state index in [2.05, 4.69) is 9.72 Å². The highest BCUT2D eigenvalue weighted by Gasteiger charge is 2.13. The molecule has 0 saturated heterocycles. The molecule has 7 heteroatoms. The van der Waals surface area contributed by atoms with Crippen molar-refractivity contribution in [3.8, 4) is 0 Å². The van der Waals surface area contributed by atoms with Crippen LogP contribution in [0.3, 0.4) is 0 Å². The van der Waals surface area contributed by atoms with Gasteiger partial charge in [0.05, 0.1) is 12.7 Å². The smallest absolute Gasteiger partial charge is 0.338 e. The maximum absolute atomic E-state index is 11.0. The summed E-state index contributed by atoms with van der Waals surface area (Å²) >= 11 is 0. The second-order valence-electron chi connectivity index (χ2n) is 2.42. The van der Waals surface area contributed by atoms with Gasteiger partial charge in [-0.1, -0.05) is 0 Å². The molecule has 0 unspecified atom stereocenters. The summed E-state index contributed by atoms with van der Waals surface area (Å²) in [5.74, 6) is -0.641. The second kappa shape index (κ2) is 3.72. The highest BCUT2D eigenvalue weighted by atomic mass is 32.2. The molecule has 0 aliphatic rings. The monoisotopic (exact) mass is 216 g/mol. The van der Waals surface area contributed by atoms with Crippen LogP contribution >= 0.6 is 0 Å². The first kappa shape index (κ1) is 10.6. The van der Waals surface area contributed by atoms with E-state index in [0.717, 1.165) is 6.07 Å². The summed E-state index contributed by atoms with van der Waals surface area (Å²) < 4.78 is 26.1. The second-order valence-corrected chi connectivity index (χ2v) is 3.93. The Balaban J connectivity index is 3.21.